The van der Waals surface area contributed by atoms with E-state index in [-0.39, 0.29) is 48.0 Å². The number of hydrogen-bond donors (Lipinski definition) is 0. The molecule has 5 nitrogen and oxygen atoms in total. The minimum atomic E-state index is -0.653. The first kappa shape index (κ1) is 19.5. The molecule has 2 bridgehead atoms. The number of aldehydes is 1. The molecule has 0 amide bonds. The zero-order valence-electron chi connectivity index (χ0n) is 17.2. The predicted molar refractivity (Wildman–Crippen MR) is 100 cm³/mol. The van der Waals surface area contributed by atoms with Crippen molar-refractivity contribution in [3.05, 3.63) is 0 Å². The highest BCUT2D eigenvalue weighted by Gasteiger charge is 2.76. The van der Waals surface area contributed by atoms with Crippen LogP contribution in [-0.2, 0) is 23.8 Å². The van der Waals surface area contributed by atoms with Crippen LogP contribution in [-0.4, -0.2) is 45.3 Å². The minimum Gasteiger partial charge on any atom is -0.381 e. The van der Waals surface area contributed by atoms with E-state index in [4.69, 9.17) is 14.2 Å². The Kier molecular flexibility index (Phi) is 4.80. The summed E-state index contributed by atoms with van der Waals surface area (Å²) in [5.41, 5.74) is -0.586. The molecule has 27 heavy (non-hydrogen) atoms. The van der Waals surface area contributed by atoms with Crippen LogP contribution in [0.3, 0.4) is 0 Å². The fourth-order valence-electron chi connectivity index (χ4n) is 7.59. The quantitative estimate of drug-likeness (QED) is 0.524. The number of methoxy groups -OCH3 is 2. The van der Waals surface area contributed by atoms with Crippen molar-refractivity contribution in [2.24, 2.45) is 34.0 Å². The number of Topliss-reactive ketones (excluding diaryl/α,β-unsaturated/α-hetero) is 1. The maximum atomic E-state index is 13.7. The number of carbonyl (C=O) groups excluding carboxylic acids is 2. The molecule has 0 aromatic rings. The van der Waals surface area contributed by atoms with Crippen molar-refractivity contribution in [2.45, 2.75) is 71.0 Å². The van der Waals surface area contributed by atoms with Crippen molar-refractivity contribution in [3.8, 4) is 0 Å². The van der Waals surface area contributed by atoms with Crippen molar-refractivity contribution < 1.29 is 23.8 Å². The van der Waals surface area contributed by atoms with Crippen molar-refractivity contribution in [1.29, 1.82) is 0 Å². The molecule has 0 aliphatic heterocycles. The van der Waals surface area contributed by atoms with E-state index >= 15 is 0 Å². The first-order valence-corrected chi connectivity index (χ1v) is 10.5. The molecular formula is C22H34O5. The minimum absolute atomic E-state index is 0.00991. The Morgan fingerprint density at radius 2 is 1.93 bits per heavy atom. The van der Waals surface area contributed by atoms with Gasteiger partial charge in [-0.15, -0.1) is 0 Å². The molecule has 2 unspecified atom stereocenters. The van der Waals surface area contributed by atoms with Crippen molar-refractivity contribution in [3.63, 3.8) is 0 Å². The standard InChI is InChI=1S/C22H34O5/c1-14-19(24)20(2,9-10-23)12-17(27-13-25-3)22-11-15(22)5-7-21(14)8-6-16(26-4)18(21)22/h10,14-18H,5-9,11-13H2,1-4H3/t14-,15-,16+,17+,18?,20+,21?,22-/m0/s1. The molecule has 0 heterocycles. The van der Waals surface area contributed by atoms with E-state index in [9.17, 15) is 9.59 Å². The third-order valence-corrected chi connectivity index (χ3v) is 8.93. The SMILES string of the molecule is COCO[C@@H]1C[C@@](C)(CC=O)C(=O)[C@H](C)C23CC[C@H]4C[C@]41C2[C@H](OC)CC3. The molecule has 4 saturated carbocycles. The second-order valence-electron chi connectivity index (χ2n) is 9.86. The molecule has 0 saturated heterocycles. The van der Waals surface area contributed by atoms with Crippen LogP contribution in [0.15, 0.2) is 0 Å². The predicted octanol–water partition coefficient (Wildman–Crippen LogP) is 3.39. The number of ether oxygens (including phenoxy) is 3. The molecule has 0 aromatic carbocycles. The van der Waals surface area contributed by atoms with Crippen molar-refractivity contribution >= 4 is 12.1 Å². The van der Waals surface area contributed by atoms with E-state index in [0.717, 1.165) is 32.0 Å². The highest BCUT2D eigenvalue weighted by Crippen LogP contribution is 2.78. The van der Waals surface area contributed by atoms with E-state index in [1.54, 1.807) is 7.11 Å². The van der Waals surface area contributed by atoms with Crippen LogP contribution in [0.4, 0.5) is 0 Å². The lowest BCUT2D eigenvalue weighted by molar-refractivity contribution is -0.182. The number of hydrogen-bond acceptors (Lipinski definition) is 5. The molecule has 5 heteroatoms. The molecule has 0 N–H and O–H groups in total. The molecule has 0 aromatic heterocycles. The van der Waals surface area contributed by atoms with Gasteiger partial charge in [-0.25, -0.2) is 0 Å². The Morgan fingerprint density at radius 3 is 2.59 bits per heavy atom. The summed E-state index contributed by atoms with van der Waals surface area (Å²) in [6, 6.07) is 0. The Hall–Kier alpha value is -0.780. The van der Waals surface area contributed by atoms with E-state index in [1.165, 1.54) is 6.42 Å². The average Bonchev–Trinajstić information content (AvgIpc) is 3.28. The van der Waals surface area contributed by atoms with Gasteiger partial charge in [0.25, 0.3) is 0 Å². The summed E-state index contributed by atoms with van der Waals surface area (Å²) in [6.07, 6.45) is 7.47. The third-order valence-electron chi connectivity index (χ3n) is 8.93. The van der Waals surface area contributed by atoms with Crippen LogP contribution in [0.5, 0.6) is 0 Å². The summed E-state index contributed by atoms with van der Waals surface area (Å²) in [6.45, 7) is 4.34. The first-order valence-electron chi connectivity index (χ1n) is 10.5. The summed E-state index contributed by atoms with van der Waals surface area (Å²) in [5, 5.41) is 0. The Labute approximate surface area is 162 Å². The second-order valence-corrected chi connectivity index (χ2v) is 9.86. The van der Waals surface area contributed by atoms with Crippen LogP contribution in [0, 0.1) is 34.0 Å². The maximum absolute atomic E-state index is 13.7. The van der Waals surface area contributed by atoms with E-state index in [2.05, 4.69) is 6.92 Å². The van der Waals surface area contributed by atoms with E-state index < -0.39 is 5.41 Å². The fraction of sp³-hybridized carbons (Fsp3) is 0.909. The summed E-state index contributed by atoms with van der Waals surface area (Å²) in [7, 11) is 3.46. The van der Waals surface area contributed by atoms with Crippen molar-refractivity contribution in [2.75, 3.05) is 21.0 Å². The number of ketones is 1. The fourth-order valence-corrected chi connectivity index (χ4v) is 7.59. The molecule has 8 atom stereocenters. The molecule has 1 spiro atoms. The van der Waals surface area contributed by atoms with Gasteiger partial charge in [0.05, 0.1) is 12.2 Å². The van der Waals surface area contributed by atoms with Gasteiger partial charge < -0.3 is 19.0 Å². The van der Waals surface area contributed by atoms with Crippen LogP contribution >= 0.6 is 0 Å². The van der Waals surface area contributed by atoms with Crippen LogP contribution < -0.4 is 0 Å². The van der Waals surface area contributed by atoms with Crippen LogP contribution in [0.1, 0.15) is 58.8 Å². The summed E-state index contributed by atoms with van der Waals surface area (Å²) in [4.78, 5) is 25.2. The molecule has 4 rings (SSSR count). The summed E-state index contributed by atoms with van der Waals surface area (Å²) < 4.78 is 17.5. The Bertz CT molecular complexity index is 620. The lowest BCUT2D eigenvalue weighted by Gasteiger charge is -2.55. The molecular weight excluding hydrogens is 344 g/mol. The first-order chi connectivity index (χ1) is 12.9. The van der Waals surface area contributed by atoms with Gasteiger partial charge in [0.2, 0.25) is 0 Å². The highest BCUT2D eigenvalue weighted by atomic mass is 16.7. The normalized spacial score (nSPS) is 51.1. The van der Waals surface area contributed by atoms with Gasteiger partial charge in [-0.05, 0) is 55.8 Å². The zero-order valence-corrected chi connectivity index (χ0v) is 17.2. The van der Waals surface area contributed by atoms with Gasteiger partial charge in [-0.1, -0.05) is 13.8 Å². The summed E-state index contributed by atoms with van der Waals surface area (Å²) in [5.74, 6) is 1.23. The van der Waals surface area contributed by atoms with E-state index in [0.29, 0.717) is 18.3 Å². The van der Waals surface area contributed by atoms with Crippen LogP contribution in [0.25, 0.3) is 0 Å². The highest BCUT2D eigenvalue weighted by molar-refractivity contribution is 5.89. The average molecular weight is 379 g/mol. The zero-order chi connectivity index (χ0) is 19.4. The summed E-state index contributed by atoms with van der Waals surface area (Å²) >= 11 is 0. The maximum Gasteiger partial charge on any atom is 0.146 e. The molecule has 4 aliphatic rings. The Morgan fingerprint density at radius 1 is 1.19 bits per heavy atom. The van der Waals surface area contributed by atoms with Crippen LogP contribution in [0.2, 0.25) is 0 Å². The molecule has 0 radical (unpaired) electrons. The van der Waals surface area contributed by atoms with Gasteiger partial charge in [0.1, 0.15) is 18.9 Å². The molecule has 4 fully saturated rings. The smallest absolute Gasteiger partial charge is 0.146 e. The Balaban J connectivity index is 1.83. The van der Waals surface area contributed by atoms with Gasteiger partial charge in [-0.3, -0.25) is 4.79 Å². The molecule has 4 aliphatic carbocycles. The number of carbonyl (C=O) groups is 2. The largest absolute Gasteiger partial charge is 0.381 e. The van der Waals surface area contributed by atoms with Gasteiger partial charge in [0, 0.05) is 37.4 Å². The molecule has 152 valence electrons. The lowest BCUT2D eigenvalue weighted by atomic mass is 9.50. The van der Waals surface area contributed by atoms with Gasteiger partial charge in [-0.2, -0.15) is 0 Å². The monoisotopic (exact) mass is 378 g/mol. The topological polar surface area (TPSA) is 61.8 Å². The second kappa shape index (κ2) is 6.64. The van der Waals surface area contributed by atoms with E-state index in [1.807, 2.05) is 14.0 Å². The number of rotatable bonds is 6. The van der Waals surface area contributed by atoms with Gasteiger partial charge in [0.15, 0.2) is 0 Å². The van der Waals surface area contributed by atoms with Crippen molar-refractivity contribution in [1.82, 2.24) is 0 Å². The van der Waals surface area contributed by atoms with Gasteiger partial charge >= 0.3 is 0 Å². The third kappa shape index (κ3) is 2.54. The lowest BCUT2D eigenvalue weighted by Crippen LogP contribution is -2.57.